The Morgan fingerprint density at radius 1 is 1.22 bits per heavy atom. The van der Waals surface area contributed by atoms with Crippen LogP contribution in [-0.2, 0) is 13.1 Å². The minimum atomic E-state index is 0.236. The quantitative estimate of drug-likeness (QED) is 0.421. The zero-order valence-electron chi connectivity index (χ0n) is 17.8. The highest BCUT2D eigenvalue weighted by Crippen LogP contribution is 2.25. The van der Waals surface area contributed by atoms with Crippen LogP contribution in [0.15, 0.2) is 65.8 Å². The fraction of sp³-hybridized carbons (Fsp3) is 0.167. The number of ether oxygens (including phenoxy) is 1. The van der Waals surface area contributed by atoms with Crippen LogP contribution in [0.4, 0.5) is 0 Å². The van der Waals surface area contributed by atoms with E-state index in [0.717, 1.165) is 11.3 Å². The highest BCUT2D eigenvalue weighted by Gasteiger charge is 2.16. The predicted molar refractivity (Wildman–Crippen MR) is 126 cm³/mol. The number of nitrogens with one attached hydrogen (secondary N) is 1. The predicted octanol–water partition coefficient (Wildman–Crippen LogP) is 3.98. The van der Waals surface area contributed by atoms with Crippen molar-refractivity contribution < 1.29 is 4.74 Å². The number of hydrogen-bond acceptors (Lipinski definition) is 5. The molecule has 8 heteroatoms. The number of rotatable bonds is 7. The van der Waals surface area contributed by atoms with Crippen molar-refractivity contribution in [2.24, 2.45) is 10.7 Å². The van der Waals surface area contributed by atoms with Crippen molar-refractivity contribution in [3.05, 3.63) is 93.8 Å². The Morgan fingerprint density at radius 2 is 2.03 bits per heavy atom. The van der Waals surface area contributed by atoms with Crippen LogP contribution < -0.4 is 10.5 Å². The van der Waals surface area contributed by atoms with Gasteiger partial charge in [0.2, 0.25) is 0 Å². The molecule has 0 aliphatic rings. The van der Waals surface area contributed by atoms with E-state index in [9.17, 15) is 5.26 Å². The summed E-state index contributed by atoms with van der Waals surface area (Å²) in [6.45, 7) is 0.753. The molecule has 1 aromatic heterocycles. The monoisotopic (exact) mass is 446 g/mol. The fourth-order valence-electron chi connectivity index (χ4n) is 3.12. The first-order chi connectivity index (χ1) is 15.4. The number of hydrogen-bond donors (Lipinski definition) is 2. The van der Waals surface area contributed by atoms with Crippen molar-refractivity contribution in [1.82, 2.24) is 9.88 Å². The molecule has 0 aliphatic carbocycles. The fourth-order valence-corrected chi connectivity index (χ4v) is 3.40. The van der Waals surface area contributed by atoms with Gasteiger partial charge in [-0.15, -0.1) is 0 Å². The van der Waals surface area contributed by atoms with E-state index in [1.54, 1.807) is 48.5 Å². The van der Waals surface area contributed by atoms with E-state index in [4.69, 9.17) is 27.5 Å². The molecular weight excluding hydrogens is 424 g/mol. The Bertz CT molecular complexity index is 1190. The standard InChI is InChI=1S/C24H23ClN6O/c1-31(15-18-5-3-4-10-29-18)24(28)19-8-6-16(13-26)11-20(19)23(27)30-14-17-7-9-22(32-2)21(25)12-17/h3-12,28H,14-15H2,1-2H3,(H2,27,30). The molecule has 3 rings (SSSR count). The number of methoxy groups -OCH3 is 1. The van der Waals surface area contributed by atoms with E-state index < -0.39 is 0 Å². The van der Waals surface area contributed by atoms with Crippen molar-refractivity contribution in [3.8, 4) is 11.8 Å². The summed E-state index contributed by atoms with van der Waals surface area (Å²) in [6.07, 6.45) is 1.72. The number of pyridine rings is 1. The van der Waals surface area contributed by atoms with Crippen molar-refractivity contribution in [2.75, 3.05) is 14.2 Å². The second kappa shape index (κ2) is 10.4. The van der Waals surface area contributed by atoms with Gasteiger partial charge in [-0.1, -0.05) is 23.7 Å². The summed E-state index contributed by atoms with van der Waals surface area (Å²) in [4.78, 5) is 10.6. The molecule has 0 unspecified atom stereocenters. The third-order valence-electron chi connectivity index (χ3n) is 4.83. The van der Waals surface area contributed by atoms with Gasteiger partial charge in [-0.3, -0.25) is 15.4 Å². The van der Waals surface area contributed by atoms with Crippen LogP contribution in [0.2, 0.25) is 5.02 Å². The van der Waals surface area contributed by atoms with E-state index in [0.29, 0.717) is 40.6 Å². The summed E-state index contributed by atoms with van der Waals surface area (Å²) in [5.74, 6) is 1.07. The molecule has 7 nitrogen and oxygen atoms in total. The summed E-state index contributed by atoms with van der Waals surface area (Å²) in [7, 11) is 3.37. The molecule has 0 fully saturated rings. The maximum absolute atomic E-state index is 9.34. The Balaban J connectivity index is 1.87. The number of aromatic nitrogens is 1. The van der Waals surface area contributed by atoms with Crippen LogP contribution in [-0.4, -0.2) is 35.7 Å². The molecule has 2 aromatic carbocycles. The van der Waals surface area contributed by atoms with Gasteiger partial charge in [0.25, 0.3) is 0 Å². The van der Waals surface area contributed by atoms with E-state index in [2.05, 4.69) is 16.0 Å². The summed E-state index contributed by atoms with van der Waals surface area (Å²) in [5.41, 5.74) is 9.56. The van der Waals surface area contributed by atoms with Crippen LogP contribution >= 0.6 is 11.6 Å². The minimum Gasteiger partial charge on any atom is -0.495 e. The number of halogens is 1. The van der Waals surface area contributed by atoms with Crippen LogP contribution in [0.3, 0.4) is 0 Å². The number of nitriles is 1. The molecule has 32 heavy (non-hydrogen) atoms. The van der Waals surface area contributed by atoms with Gasteiger partial charge in [-0.05, 0) is 48.0 Å². The van der Waals surface area contributed by atoms with Crippen molar-refractivity contribution in [3.63, 3.8) is 0 Å². The van der Waals surface area contributed by atoms with Gasteiger partial charge in [0, 0.05) is 24.4 Å². The minimum absolute atomic E-state index is 0.236. The van der Waals surface area contributed by atoms with Gasteiger partial charge < -0.3 is 15.4 Å². The van der Waals surface area contributed by atoms with Crippen LogP contribution in [0.1, 0.15) is 27.9 Å². The molecule has 0 spiro atoms. The van der Waals surface area contributed by atoms with E-state index in [-0.39, 0.29) is 11.7 Å². The Morgan fingerprint density at radius 3 is 2.69 bits per heavy atom. The van der Waals surface area contributed by atoms with Gasteiger partial charge in [-0.2, -0.15) is 5.26 Å². The summed E-state index contributed by atoms with van der Waals surface area (Å²) in [5, 5.41) is 18.5. The van der Waals surface area contributed by atoms with Crippen molar-refractivity contribution >= 4 is 23.3 Å². The summed E-state index contributed by atoms with van der Waals surface area (Å²) in [6, 6.07) is 18.2. The van der Waals surface area contributed by atoms with Gasteiger partial charge >= 0.3 is 0 Å². The number of amidine groups is 2. The number of benzene rings is 2. The van der Waals surface area contributed by atoms with Crippen molar-refractivity contribution in [2.45, 2.75) is 13.1 Å². The SMILES string of the molecule is COc1ccc(CN=C(N)c2cc(C#N)ccc2C(=N)N(C)Cc2ccccn2)cc1Cl. The lowest BCUT2D eigenvalue weighted by Crippen LogP contribution is -2.29. The second-order valence-corrected chi connectivity index (χ2v) is 7.48. The Kier molecular flexibility index (Phi) is 7.42. The number of aliphatic imine (C=N–C) groups is 1. The van der Waals surface area contributed by atoms with Crippen LogP contribution in [0.5, 0.6) is 5.75 Å². The molecule has 0 saturated carbocycles. The normalized spacial score (nSPS) is 11.0. The zero-order chi connectivity index (χ0) is 23.1. The summed E-state index contributed by atoms with van der Waals surface area (Å²) >= 11 is 6.19. The van der Waals surface area contributed by atoms with Crippen LogP contribution in [0.25, 0.3) is 0 Å². The zero-order valence-corrected chi connectivity index (χ0v) is 18.6. The molecule has 0 amide bonds. The average Bonchev–Trinajstić information content (AvgIpc) is 2.82. The highest BCUT2D eigenvalue weighted by molar-refractivity contribution is 6.32. The molecule has 1 heterocycles. The summed E-state index contributed by atoms with van der Waals surface area (Å²) < 4.78 is 5.17. The molecule has 0 radical (unpaired) electrons. The number of nitrogens with two attached hydrogens (primary N) is 1. The maximum atomic E-state index is 9.34. The lowest BCUT2D eigenvalue weighted by molar-refractivity contribution is 0.415. The molecule has 3 N–H and O–H groups in total. The third kappa shape index (κ3) is 5.42. The first-order valence-corrected chi connectivity index (χ1v) is 10.2. The van der Waals surface area contributed by atoms with E-state index in [1.807, 2.05) is 31.3 Å². The lowest BCUT2D eigenvalue weighted by Gasteiger charge is -2.21. The Labute approximate surface area is 192 Å². The molecule has 0 bridgehead atoms. The average molecular weight is 447 g/mol. The first-order valence-electron chi connectivity index (χ1n) is 9.79. The van der Waals surface area contributed by atoms with E-state index >= 15 is 0 Å². The number of nitrogens with zero attached hydrogens (tertiary/aromatic N) is 4. The largest absolute Gasteiger partial charge is 0.495 e. The molecule has 3 aromatic rings. The molecule has 162 valence electrons. The smallest absolute Gasteiger partial charge is 0.137 e. The van der Waals surface area contributed by atoms with Crippen LogP contribution in [0, 0.1) is 16.7 Å². The maximum Gasteiger partial charge on any atom is 0.137 e. The molecule has 0 atom stereocenters. The third-order valence-corrected chi connectivity index (χ3v) is 5.13. The topological polar surface area (TPSA) is 111 Å². The Hall–Kier alpha value is -3.89. The molecular formula is C24H23ClN6O. The van der Waals surface area contributed by atoms with E-state index in [1.165, 1.54) is 0 Å². The molecule has 0 saturated heterocycles. The van der Waals surface area contributed by atoms with Gasteiger partial charge in [0.1, 0.15) is 17.4 Å². The van der Waals surface area contributed by atoms with Gasteiger partial charge in [0.15, 0.2) is 0 Å². The van der Waals surface area contributed by atoms with Gasteiger partial charge in [0.05, 0.1) is 42.5 Å². The highest BCUT2D eigenvalue weighted by atomic mass is 35.5. The van der Waals surface area contributed by atoms with Crippen molar-refractivity contribution in [1.29, 1.82) is 10.7 Å². The van der Waals surface area contributed by atoms with Gasteiger partial charge in [-0.25, -0.2) is 0 Å². The molecule has 0 aliphatic heterocycles. The lowest BCUT2D eigenvalue weighted by atomic mass is 10.0. The second-order valence-electron chi connectivity index (χ2n) is 7.07. The first kappa shape index (κ1) is 22.8.